The van der Waals surface area contributed by atoms with Gasteiger partial charge in [-0.3, -0.25) is 9.59 Å². The number of allylic oxidation sites excluding steroid dienone is 2. The molecule has 0 radical (unpaired) electrons. The monoisotopic (exact) mass is 460 g/mol. The second kappa shape index (κ2) is 9.52. The van der Waals surface area contributed by atoms with Gasteiger partial charge in [-0.25, -0.2) is 0 Å². The predicted octanol–water partition coefficient (Wildman–Crippen LogP) is 6.88. The maximum absolute atomic E-state index is 14.1. The van der Waals surface area contributed by atoms with Gasteiger partial charge in [0.05, 0.1) is 13.2 Å². The summed E-state index contributed by atoms with van der Waals surface area (Å²) in [7, 11) is -3.67. The van der Waals surface area contributed by atoms with Gasteiger partial charge >= 0.3 is 8.07 Å². The lowest BCUT2D eigenvalue weighted by Gasteiger charge is -2.36. The molecule has 5 heteroatoms. The summed E-state index contributed by atoms with van der Waals surface area (Å²) in [5.41, 5.74) is 2.62. The van der Waals surface area contributed by atoms with E-state index in [4.69, 9.17) is 9.47 Å². The first-order valence-electron chi connectivity index (χ1n) is 11.7. The van der Waals surface area contributed by atoms with Crippen LogP contribution in [0.4, 0.5) is 9.59 Å². The van der Waals surface area contributed by atoms with Crippen LogP contribution >= 0.6 is 0 Å². The van der Waals surface area contributed by atoms with Gasteiger partial charge in [0.1, 0.15) is 0 Å². The Balaban J connectivity index is 1.90. The molecule has 0 aliphatic heterocycles. The summed E-state index contributed by atoms with van der Waals surface area (Å²) in [5, 5.41) is 0. The van der Waals surface area contributed by atoms with Gasteiger partial charge in [0.25, 0.3) is 11.2 Å². The predicted molar refractivity (Wildman–Crippen MR) is 135 cm³/mol. The van der Waals surface area contributed by atoms with E-state index in [1.54, 1.807) is 0 Å². The Morgan fingerprint density at radius 1 is 0.727 bits per heavy atom. The molecular weight excluding hydrogens is 428 g/mol. The number of hydrogen-bond donors (Lipinski definition) is 0. The van der Waals surface area contributed by atoms with E-state index in [0.717, 1.165) is 22.3 Å². The summed E-state index contributed by atoms with van der Waals surface area (Å²) in [6.07, 6.45) is 8.10. The molecule has 172 valence electrons. The van der Waals surface area contributed by atoms with Gasteiger partial charge in [-0.05, 0) is 34.1 Å². The third-order valence-corrected chi connectivity index (χ3v) is 11.0. The number of carbonyl (C=O) groups is 2. The third kappa shape index (κ3) is 4.22. The molecule has 2 aliphatic carbocycles. The molecule has 0 spiro atoms. The number of carbonyl (C=O) groups excluding carboxylic acids is 2. The molecule has 2 unspecified atom stereocenters. The van der Waals surface area contributed by atoms with Crippen molar-refractivity contribution in [3.63, 3.8) is 0 Å². The molecule has 4 rings (SSSR count). The normalized spacial score (nSPS) is 18.5. The number of hydrogen-bond acceptors (Lipinski definition) is 4. The van der Waals surface area contributed by atoms with Gasteiger partial charge in [0, 0.05) is 11.1 Å². The van der Waals surface area contributed by atoms with Crippen LogP contribution in [0, 0.1) is 11.8 Å². The average molecular weight is 461 g/mol. The molecule has 0 N–H and O–H groups in total. The molecule has 2 aromatic carbocycles. The van der Waals surface area contributed by atoms with Gasteiger partial charge in [0.15, 0.2) is 0 Å². The highest BCUT2D eigenvalue weighted by molar-refractivity contribution is 7.25. The third-order valence-electron chi connectivity index (χ3n) is 6.35. The maximum atomic E-state index is 14.1. The first-order valence-corrected chi connectivity index (χ1v) is 13.9. The van der Waals surface area contributed by atoms with E-state index < -0.39 is 8.07 Å². The molecule has 4 nitrogen and oxygen atoms in total. The molecule has 2 atom stereocenters. The van der Waals surface area contributed by atoms with E-state index in [1.807, 2.05) is 101 Å². The Morgan fingerprint density at radius 3 is 1.52 bits per heavy atom. The lowest BCUT2D eigenvalue weighted by molar-refractivity contribution is 0.145. The first-order chi connectivity index (χ1) is 15.9. The molecule has 2 aromatic rings. The highest BCUT2D eigenvalue weighted by Gasteiger charge is 2.65. The molecule has 0 saturated carbocycles. The quantitative estimate of drug-likeness (QED) is 0.403. The van der Waals surface area contributed by atoms with Gasteiger partial charge in [-0.15, -0.1) is 0 Å². The molecule has 0 aromatic heterocycles. The van der Waals surface area contributed by atoms with Crippen LogP contribution in [-0.2, 0) is 9.47 Å². The first kappa shape index (κ1) is 23.2. The van der Waals surface area contributed by atoms with Crippen molar-refractivity contribution in [2.24, 2.45) is 11.8 Å². The fourth-order valence-corrected chi connectivity index (χ4v) is 9.32. The zero-order valence-corrected chi connectivity index (χ0v) is 20.8. The molecule has 0 heterocycles. The van der Waals surface area contributed by atoms with Crippen molar-refractivity contribution >= 4 is 31.4 Å². The highest BCUT2D eigenvalue weighted by atomic mass is 28.3. The second-order valence-electron chi connectivity index (χ2n) is 9.79. The minimum absolute atomic E-state index is 0.171. The van der Waals surface area contributed by atoms with E-state index in [2.05, 4.69) is 0 Å². The Morgan fingerprint density at radius 2 is 1.12 bits per heavy atom. The van der Waals surface area contributed by atoms with Crippen molar-refractivity contribution in [3.05, 3.63) is 82.9 Å². The standard InChI is InChI=1S/C28H32O4Si/c1-19(2)17-31-27(29)33(28(30)32-18-20(3)4,25-15-13-21-9-5-7-11-23(21)25)26-16-14-22-10-6-8-12-24(22)26/h5-16,19-20,25-26H,17-18H2,1-4H3. The van der Waals surface area contributed by atoms with Crippen molar-refractivity contribution in [1.82, 2.24) is 0 Å². The Bertz CT molecular complexity index is 1010. The molecule has 0 fully saturated rings. The lowest BCUT2D eigenvalue weighted by Crippen LogP contribution is -2.61. The Kier molecular flexibility index (Phi) is 6.70. The Labute approximate surface area is 197 Å². The molecule has 0 amide bonds. The second-order valence-corrected chi connectivity index (χ2v) is 13.6. The van der Waals surface area contributed by atoms with Gasteiger partial charge in [-0.2, -0.15) is 0 Å². The van der Waals surface area contributed by atoms with Crippen LogP contribution in [0.2, 0.25) is 0 Å². The molecule has 0 bridgehead atoms. The van der Waals surface area contributed by atoms with E-state index in [-0.39, 0.29) is 47.3 Å². The molecule has 33 heavy (non-hydrogen) atoms. The fourth-order valence-electron chi connectivity index (χ4n) is 4.80. The Hall–Kier alpha value is -2.92. The molecule has 0 saturated heterocycles. The van der Waals surface area contributed by atoms with Crippen LogP contribution in [0.1, 0.15) is 61.0 Å². The van der Waals surface area contributed by atoms with Crippen LogP contribution in [0.25, 0.3) is 12.2 Å². The van der Waals surface area contributed by atoms with Crippen LogP contribution in [0.3, 0.4) is 0 Å². The van der Waals surface area contributed by atoms with Crippen LogP contribution in [0.5, 0.6) is 0 Å². The summed E-state index contributed by atoms with van der Waals surface area (Å²) in [5.74, 6) is 0.343. The number of rotatable bonds is 8. The summed E-state index contributed by atoms with van der Waals surface area (Å²) in [4.78, 5) is 28.2. The highest BCUT2D eigenvalue weighted by Crippen LogP contribution is 2.48. The van der Waals surface area contributed by atoms with Crippen LogP contribution in [0.15, 0.2) is 60.7 Å². The number of ether oxygens (including phenoxy) is 2. The largest absolute Gasteiger partial charge is 0.469 e. The van der Waals surface area contributed by atoms with E-state index in [1.165, 1.54) is 0 Å². The summed E-state index contributed by atoms with van der Waals surface area (Å²) < 4.78 is 11.8. The van der Waals surface area contributed by atoms with E-state index in [0.29, 0.717) is 0 Å². The van der Waals surface area contributed by atoms with Gasteiger partial charge in [0.2, 0.25) is 0 Å². The van der Waals surface area contributed by atoms with E-state index >= 15 is 0 Å². The number of benzene rings is 2. The SMILES string of the molecule is CC(C)COC(=O)[Si](C(=O)OCC(C)C)(C1C=Cc2ccccc21)C1C=Cc2ccccc21. The van der Waals surface area contributed by atoms with Gasteiger partial charge in [-0.1, -0.05) is 101 Å². The zero-order chi connectivity index (χ0) is 23.6. The zero-order valence-electron chi connectivity index (χ0n) is 19.8. The topological polar surface area (TPSA) is 52.6 Å². The van der Waals surface area contributed by atoms with Crippen LogP contribution < -0.4 is 0 Å². The number of fused-ring (bicyclic) bond motifs is 2. The van der Waals surface area contributed by atoms with Crippen LogP contribution in [-0.4, -0.2) is 32.5 Å². The minimum atomic E-state index is -3.67. The smallest absolute Gasteiger partial charge is 0.333 e. The maximum Gasteiger partial charge on any atom is 0.333 e. The minimum Gasteiger partial charge on any atom is -0.469 e. The van der Waals surface area contributed by atoms with Crippen molar-refractivity contribution in [3.8, 4) is 0 Å². The summed E-state index contributed by atoms with van der Waals surface area (Å²) in [6.45, 7) is 8.57. The molecule has 2 aliphatic rings. The van der Waals surface area contributed by atoms with Crippen molar-refractivity contribution in [1.29, 1.82) is 0 Å². The van der Waals surface area contributed by atoms with Crippen molar-refractivity contribution in [2.45, 2.75) is 38.8 Å². The van der Waals surface area contributed by atoms with Gasteiger partial charge < -0.3 is 9.47 Å². The molecular formula is C28H32O4Si. The summed E-state index contributed by atoms with van der Waals surface area (Å²) in [6, 6.07) is 16.0. The van der Waals surface area contributed by atoms with E-state index in [9.17, 15) is 9.59 Å². The average Bonchev–Trinajstić information content (AvgIpc) is 3.42. The fraction of sp³-hybridized carbons (Fsp3) is 0.357. The van der Waals surface area contributed by atoms with Crippen molar-refractivity contribution < 1.29 is 19.1 Å². The van der Waals surface area contributed by atoms with Crippen molar-refractivity contribution in [2.75, 3.05) is 13.2 Å². The summed E-state index contributed by atoms with van der Waals surface area (Å²) >= 11 is 0. The lowest BCUT2D eigenvalue weighted by atomic mass is 10.1.